The Morgan fingerprint density at radius 3 is 0.842 bits per heavy atom. The molecule has 0 aromatic rings. The molecular weight excluding hydrogens is 748 g/mol. The topological polar surface area (TPSA) is 159 Å². The van der Waals surface area contributed by atoms with Crippen molar-refractivity contribution in [3.63, 3.8) is 0 Å². The minimum atomic E-state index is -0.0868. The maximum Gasteiger partial charge on any atom is 0.0781 e. The molecule has 0 aromatic carbocycles. The molecule has 0 bridgehead atoms. The van der Waals surface area contributed by atoms with Gasteiger partial charge in [-0.15, -0.1) is 0 Å². The Kier molecular flexibility index (Phi) is 43.0. The molecule has 0 aliphatic rings. The molecule has 7 unspecified atom stereocenters. The average molecular weight is 833 g/mol. The van der Waals surface area contributed by atoms with E-state index >= 15 is 0 Å². The summed E-state index contributed by atoms with van der Waals surface area (Å²) in [4.78, 5) is 0. The number of unbranched alkanes of at least 4 members (excludes halogenated alkanes) is 1. The third-order valence-corrected chi connectivity index (χ3v) is 7.79. The summed E-state index contributed by atoms with van der Waals surface area (Å²) in [6.45, 7) is 27.6. The maximum atomic E-state index is 8.63. The van der Waals surface area contributed by atoms with E-state index in [1.165, 1.54) is 0 Å². The van der Waals surface area contributed by atoms with Crippen molar-refractivity contribution in [3.8, 4) is 0 Å². The van der Waals surface area contributed by atoms with Gasteiger partial charge in [0.15, 0.2) is 0 Å². The van der Waals surface area contributed by atoms with Crippen LogP contribution in [0, 0.1) is 0 Å². The monoisotopic (exact) mass is 833 g/mol. The zero-order valence-electron chi connectivity index (χ0n) is 37.0. The molecule has 0 saturated carbocycles. The Bertz CT molecular complexity index is 787. The summed E-state index contributed by atoms with van der Waals surface area (Å²) in [6.07, 6.45) is 1.70. The van der Waals surface area contributed by atoms with Gasteiger partial charge in [-0.1, -0.05) is 13.3 Å². The highest BCUT2D eigenvalue weighted by Gasteiger charge is 2.14. The van der Waals surface area contributed by atoms with E-state index in [2.05, 4.69) is 6.92 Å². The van der Waals surface area contributed by atoms with Gasteiger partial charge in [0, 0.05) is 6.61 Å². The first-order chi connectivity index (χ1) is 27.7. The maximum absolute atomic E-state index is 8.63. The Morgan fingerprint density at radius 2 is 0.526 bits per heavy atom. The van der Waals surface area contributed by atoms with Gasteiger partial charge in [0.2, 0.25) is 0 Å². The van der Waals surface area contributed by atoms with Gasteiger partial charge in [-0.05, 0) is 54.9 Å². The third kappa shape index (κ3) is 43.3. The van der Waals surface area contributed by atoms with E-state index in [-0.39, 0.29) is 49.3 Å². The van der Waals surface area contributed by atoms with Gasteiger partial charge >= 0.3 is 0 Å². The molecule has 0 spiro atoms. The molecule has 0 amide bonds. The molecule has 0 radical (unpaired) electrons. The summed E-state index contributed by atoms with van der Waals surface area (Å²) in [7, 11) is 0. The van der Waals surface area contributed by atoms with Gasteiger partial charge in [0.05, 0.1) is 195 Å². The average Bonchev–Trinajstić information content (AvgIpc) is 3.20. The second-order valence-electron chi connectivity index (χ2n) is 14.0. The lowest BCUT2D eigenvalue weighted by Gasteiger charge is -2.23. The molecule has 16 nitrogen and oxygen atoms in total. The van der Waals surface area contributed by atoms with Crippen LogP contribution in [0.25, 0.3) is 0 Å². The first-order valence-corrected chi connectivity index (χ1v) is 21.2. The van der Waals surface area contributed by atoms with Gasteiger partial charge in [0.25, 0.3) is 0 Å². The lowest BCUT2D eigenvalue weighted by atomic mass is 10.3. The van der Waals surface area contributed by atoms with Crippen LogP contribution in [0.2, 0.25) is 0 Å². The molecule has 0 heterocycles. The van der Waals surface area contributed by atoms with Crippen molar-refractivity contribution >= 4 is 0 Å². The van der Waals surface area contributed by atoms with E-state index < -0.39 is 0 Å². The summed E-state index contributed by atoms with van der Waals surface area (Å²) >= 11 is 0. The van der Waals surface area contributed by atoms with Crippen LogP contribution in [0.4, 0.5) is 0 Å². The first-order valence-electron chi connectivity index (χ1n) is 21.2. The van der Waals surface area contributed by atoms with Crippen molar-refractivity contribution in [2.45, 2.75) is 111 Å². The Balaban J connectivity index is 3.67. The van der Waals surface area contributed by atoms with Crippen molar-refractivity contribution < 1.29 is 76.2 Å². The molecule has 0 saturated heterocycles. The molecule has 0 aliphatic carbocycles. The zero-order chi connectivity index (χ0) is 42.0. The normalized spacial score (nSPS) is 15.7. The standard InChI is InChI=1S/C41H84O16/c1-9-10-12-43-14-16-45-20-21-48-24-25-50-28-35(2)52-30-37(4)54-32-39(6)56-34-41(8)57-33-40(7)55-31-38(5)53-29-36(3)51-27-26-49-23-22-47-19-18-46-17-15-44-13-11-42/h35-42H,9-34H2,1-8H3. The smallest absolute Gasteiger partial charge is 0.0781 e. The minimum absolute atomic E-state index is 0.0197. The van der Waals surface area contributed by atoms with Crippen molar-refractivity contribution in [2.24, 2.45) is 0 Å². The highest BCUT2D eigenvalue weighted by atomic mass is 16.6. The van der Waals surface area contributed by atoms with E-state index in [1.54, 1.807) is 0 Å². The number of hydrogen-bond acceptors (Lipinski definition) is 16. The van der Waals surface area contributed by atoms with E-state index in [9.17, 15) is 0 Å². The summed E-state index contributed by atoms with van der Waals surface area (Å²) in [5, 5.41) is 8.63. The Morgan fingerprint density at radius 1 is 0.281 bits per heavy atom. The molecule has 57 heavy (non-hydrogen) atoms. The number of hydrogen-bond donors (Lipinski definition) is 1. The molecule has 16 heteroatoms. The molecule has 0 aliphatic heterocycles. The van der Waals surface area contributed by atoms with E-state index in [1.807, 2.05) is 48.5 Å². The summed E-state index contributed by atoms with van der Waals surface area (Å²) in [6, 6.07) is 0. The van der Waals surface area contributed by atoms with Crippen LogP contribution >= 0.6 is 0 Å². The lowest BCUT2D eigenvalue weighted by molar-refractivity contribution is -0.108. The fourth-order valence-corrected chi connectivity index (χ4v) is 4.43. The number of ether oxygens (including phenoxy) is 15. The van der Waals surface area contributed by atoms with Crippen molar-refractivity contribution in [1.29, 1.82) is 0 Å². The van der Waals surface area contributed by atoms with Crippen LogP contribution in [0.1, 0.15) is 68.2 Å². The van der Waals surface area contributed by atoms with E-state index in [4.69, 9.17) is 76.2 Å². The van der Waals surface area contributed by atoms with E-state index in [0.29, 0.717) is 145 Å². The molecular formula is C41H84O16. The SMILES string of the molecule is CCCCOCCOCCOCCOCC(C)OCC(C)OCC(C)OCC(C)OCC(C)OCC(C)OCC(C)OCCOCCOCCOCCOCCO. The van der Waals surface area contributed by atoms with Gasteiger partial charge in [-0.25, -0.2) is 0 Å². The predicted octanol–water partition coefficient (Wildman–Crippen LogP) is 3.75. The third-order valence-electron chi connectivity index (χ3n) is 7.79. The van der Waals surface area contributed by atoms with E-state index in [0.717, 1.165) is 19.4 Å². The minimum Gasteiger partial charge on any atom is -0.394 e. The fraction of sp³-hybridized carbons (Fsp3) is 1.00. The highest BCUT2D eigenvalue weighted by Crippen LogP contribution is 2.05. The van der Waals surface area contributed by atoms with Crippen LogP contribution in [-0.2, 0) is 71.1 Å². The number of rotatable bonds is 47. The largest absolute Gasteiger partial charge is 0.394 e. The summed E-state index contributed by atoms with van der Waals surface area (Å²) in [5.74, 6) is 0. The van der Waals surface area contributed by atoms with Crippen LogP contribution in [0.3, 0.4) is 0 Å². The van der Waals surface area contributed by atoms with Crippen molar-refractivity contribution in [1.82, 2.24) is 0 Å². The molecule has 0 aromatic heterocycles. The van der Waals surface area contributed by atoms with Crippen LogP contribution in [-0.4, -0.2) is 206 Å². The Hall–Kier alpha value is -0.640. The first kappa shape index (κ1) is 56.4. The molecule has 0 rings (SSSR count). The number of aliphatic hydroxyl groups is 1. The molecule has 1 N–H and O–H groups in total. The van der Waals surface area contributed by atoms with Gasteiger partial charge in [-0.3, -0.25) is 0 Å². The highest BCUT2D eigenvalue weighted by molar-refractivity contribution is 4.59. The zero-order valence-corrected chi connectivity index (χ0v) is 37.0. The van der Waals surface area contributed by atoms with Crippen LogP contribution in [0.5, 0.6) is 0 Å². The van der Waals surface area contributed by atoms with Gasteiger partial charge in [-0.2, -0.15) is 0 Å². The predicted molar refractivity (Wildman–Crippen MR) is 216 cm³/mol. The van der Waals surface area contributed by atoms with Crippen LogP contribution in [0.15, 0.2) is 0 Å². The van der Waals surface area contributed by atoms with Crippen molar-refractivity contribution in [3.05, 3.63) is 0 Å². The van der Waals surface area contributed by atoms with Gasteiger partial charge < -0.3 is 76.2 Å². The van der Waals surface area contributed by atoms with Crippen molar-refractivity contribution in [2.75, 3.05) is 159 Å². The molecule has 0 fully saturated rings. The summed E-state index contributed by atoms with van der Waals surface area (Å²) < 4.78 is 84.9. The fourth-order valence-electron chi connectivity index (χ4n) is 4.43. The Labute approximate surface area is 345 Å². The lowest BCUT2D eigenvalue weighted by Crippen LogP contribution is -2.30. The summed E-state index contributed by atoms with van der Waals surface area (Å²) in [5.41, 5.74) is 0. The second kappa shape index (κ2) is 43.4. The quantitative estimate of drug-likeness (QED) is 0.0884. The van der Waals surface area contributed by atoms with Gasteiger partial charge in [0.1, 0.15) is 0 Å². The number of aliphatic hydroxyl groups excluding tert-OH is 1. The second-order valence-corrected chi connectivity index (χ2v) is 14.0. The van der Waals surface area contributed by atoms with Crippen LogP contribution < -0.4 is 0 Å². The molecule has 344 valence electrons. The molecule has 7 atom stereocenters.